The summed E-state index contributed by atoms with van der Waals surface area (Å²) >= 11 is 5.04. The Morgan fingerprint density at radius 3 is 2.08 bits per heavy atom. The second-order valence-corrected chi connectivity index (χ2v) is 7.55. The van der Waals surface area contributed by atoms with Crippen LogP contribution in [-0.2, 0) is 9.59 Å². The first kappa shape index (κ1) is 19.5. The molecule has 0 spiro atoms. The summed E-state index contributed by atoms with van der Waals surface area (Å²) in [7, 11) is 0. The number of halogens is 1. The van der Waals surface area contributed by atoms with Gasteiger partial charge in [-0.25, -0.2) is 0 Å². The minimum Gasteiger partial charge on any atom is -0.326 e. The lowest BCUT2D eigenvalue weighted by Gasteiger charge is -2.10. The number of rotatable bonds is 6. The van der Waals surface area contributed by atoms with Gasteiger partial charge in [-0.15, -0.1) is 11.8 Å². The van der Waals surface area contributed by atoms with Gasteiger partial charge >= 0.3 is 0 Å². The van der Waals surface area contributed by atoms with Crippen LogP contribution < -0.4 is 10.6 Å². The van der Waals surface area contributed by atoms with Gasteiger partial charge in [-0.05, 0) is 61.4 Å². The molecule has 0 aliphatic rings. The molecule has 25 heavy (non-hydrogen) atoms. The number of nitrogens with one attached hydrogen (secondary N) is 2. The third-order valence-corrected chi connectivity index (χ3v) is 5.60. The van der Waals surface area contributed by atoms with E-state index in [-0.39, 0.29) is 11.8 Å². The number of benzene rings is 2. The summed E-state index contributed by atoms with van der Waals surface area (Å²) in [5.74, 6) is 0.250. The molecule has 0 fully saturated rings. The van der Waals surface area contributed by atoms with Crippen molar-refractivity contribution in [2.75, 3.05) is 16.4 Å². The zero-order chi connectivity index (χ0) is 18.4. The van der Waals surface area contributed by atoms with E-state index in [9.17, 15) is 9.59 Å². The molecule has 132 valence electrons. The average molecular weight is 421 g/mol. The van der Waals surface area contributed by atoms with E-state index in [2.05, 4.69) is 38.7 Å². The van der Waals surface area contributed by atoms with Crippen LogP contribution in [0.3, 0.4) is 0 Å². The molecule has 2 amide bonds. The van der Waals surface area contributed by atoms with Gasteiger partial charge in [-0.1, -0.05) is 22.9 Å². The van der Waals surface area contributed by atoms with E-state index in [1.807, 2.05) is 13.8 Å². The van der Waals surface area contributed by atoms with Crippen LogP contribution in [0.5, 0.6) is 0 Å². The molecular formula is C19H21BrN2O2S. The van der Waals surface area contributed by atoms with E-state index < -0.39 is 0 Å². The number of carbonyl (C=O) groups is 2. The van der Waals surface area contributed by atoms with Gasteiger partial charge in [0.25, 0.3) is 0 Å². The average Bonchev–Trinajstić information content (AvgIpc) is 2.58. The van der Waals surface area contributed by atoms with Gasteiger partial charge in [0, 0.05) is 27.2 Å². The van der Waals surface area contributed by atoms with Gasteiger partial charge in [0.05, 0.1) is 5.75 Å². The Morgan fingerprint density at radius 1 is 0.960 bits per heavy atom. The third-order valence-electron chi connectivity index (χ3n) is 3.59. The lowest BCUT2D eigenvalue weighted by molar-refractivity contribution is -0.116. The van der Waals surface area contributed by atoms with Crippen LogP contribution in [0.2, 0.25) is 0 Å². The molecule has 2 rings (SSSR count). The van der Waals surface area contributed by atoms with E-state index >= 15 is 0 Å². The van der Waals surface area contributed by atoms with E-state index in [1.54, 1.807) is 31.2 Å². The summed E-state index contributed by atoms with van der Waals surface area (Å²) in [5, 5.41) is 5.65. The molecule has 2 N–H and O–H groups in total. The van der Waals surface area contributed by atoms with Crippen molar-refractivity contribution in [2.45, 2.75) is 32.1 Å². The Morgan fingerprint density at radius 2 is 1.52 bits per heavy atom. The first-order chi connectivity index (χ1) is 11.9. The molecule has 0 aliphatic carbocycles. The minimum absolute atomic E-state index is 0.0339. The lowest BCUT2D eigenvalue weighted by atomic mass is 10.2. The van der Waals surface area contributed by atoms with Gasteiger partial charge in [0.2, 0.25) is 11.8 Å². The quantitative estimate of drug-likeness (QED) is 0.635. The number of carbonyl (C=O) groups excluding carboxylic acids is 2. The number of hydrogen-bond acceptors (Lipinski definition) is 3. The number of hydrogen-bond donors (Lipinski definition) is 2. The first-order valence-corrected chi connectivity index (χ1v) is 9.76. The summed E-state index contributed by atoms with van der Waals surface area (Å²) in [4.78, 5) is 24.6. The van der Waals surface area contributed by atoms with Gasteiger partial charge in [-0.3, -0.25) is 9.59 Å². The topological polar surface area (TPSA) is 58.2 Å². The molecule has 0 atom stereocenters. The van der Waals surface area contributed by atoms with Crippen molar-refractivity contribution in [1.29, 1.82) is 0 Å². The second kappa shape index (κ2) is 9.06. The summed E-state index contributed by atoms with van der Waals surface area (Å²) in [6.07, 6.45) is 0.435. The largest absolute Gasteiger partial charge is 0.326 e. The smallest absolute Gasteiger partial charge is 0.234 e. The molecule has 0 bridgehead atoms. The Kier molecular flexibility index (Phi) is 7.08. The predicted octanol–water partition coefficient (Wildman–Crippen LogP) is 5.15. The maximum Gasteiger partial charge on any atom is 0.234 e. The molecule has 0 aromatic heterocycles. The van der Waals surface area contributed by atoms with E-state index in [1.165, 1.54) is 11.8 Å². The molecule has 0 saturated heterocycles. The van der Waals surface area contributed by atoms with Crippen LogP contribution in [-0.4, -0.2) is 17.6 Å². The fourth-order valence-electron chi connectivity index (χ4n) is 2.14. The van der Waals surface area contributed by atoms with E-state index in [0.717, 1.165) is 26.2 Å². The highest BCUT2D eigenvalue weighted by molar-refractivity contribution is 9.10. The molecule has 0 heterocycles. The Balaban J connectivity index is 1.90. The van der Waals surface area contributed by atoms with Crippen molar-refractivity contribution < 1.29 is 9.59 Å². The zero-order valence-corrected chi connectivity index (χ0v) is 16.9. The molecule has 6 heteroatoms. The van der Waals surface area contributed by atoms with Crippen molar-refractivity contribution in [3.8, 4) is 0 Å². The van der Waals surface area contributed by atoms with Crippen molar-refractivity contribution in [1.82, 2.24) is 0 Å². The third kappa shape index (κ3) is 5.90. The molecule has 0 saturated carbocycles. The summed E-state index contributed by atoms with van der Waals surface area (Å²) in [6, 6.07) is 11.3. The standard InChI is InChI=1S/C19H21BrN2O2S/c1-4-18(23)21-14-5-7-15(8-6-14)22-19(24)11-25-17-10-12(2)16(20)9-13(17)3/h5-10H,4,11H2,1-3H3,(H,21,23)(H,22,24). The normalized spacial score (nSPS) is 10.4. The van der Waals surface area contributed by atoms with Crippen LogP contribution in [0.15, 0.2) is 45.8 Å². The summed E-state index contributed by atoms with van der Waals surface area (Å²) < 4.78 is 1.08. The molecule has 4 nitrogen and oxygen atoms in total. The number of thioether (sulfide) groups is 1. The molecular weight excluding hydrogens is 400 g/mol. The van der Waals surface area contributed by atoms with E-state index in [4.69, 9.17) is 0 Å². The monoisotopic (exact) mass is 420 g/mol. The molecule has 0 aliphatic heterocycles. The van der Waals surface area contributed by atoms with Gasteiger partial charge < -0.3 is 10.6 Å². The minimum atomic E-state index is -0.0599. The highest BCUT2D eigenvalue weighted by Gasteiger charge is 2.08. The Labute approximate surface area is 160 Å². The van der Waals surface area contributed by atoms with E-state index in [0.29, 0.717) is 17.9 Å². The predicted molar refractivity (Wildman–Crippen MR) is 108 cm³/mol. The van der Waals surface area contributed by atoms with Gasteiger partial charge in [0.1, 0.15) is 0 Å². The summed E-state index contributed by atoms with van der Waals surface area (Å²) in [6.45, 7) is 5.87. The molecule has 2 aromatic rings. The maximum atomic E-state index is 12.1. The highest BCUT2D eigenvalue weighted by atomic mass is 79.9. The Hall–Kier alpha value is -1.79. The fraction of sp³-hybridized carbons (Fsp3) is 0.263. The summed E-state index contributed by atoms with van der Waals surface area (Å²) in [5.41, 5.74) is 3.73. The molecule has 0 radical (unpaired) electrons. The Bertz CT molecular complexity index is 776. The number of amides is 2. The van der Waals surface area contributed by atoms with Gasteiger partial charge in [0.15, 0.2) is 0 Å². The van der Waals surface area contributed by atoms with Crippen molar-refractivity contribution in [3.05, 3.63) is 52.0 Å². The number of aryl methyl sites for hydroxylation is 2. The molecule has 0 unspecified atom stereocenters. The fourth-order valence-corrected chi connectivity index (χ4v) is 3.50. The van der Waals surface area contributed by atoms with Crippen molar-refractivity contribution >= 4 is 50.9 Å². The van der Waals surface area contributed by atoms with Crippen LogP contribution in [0.25, 0.3) is 0 Å². The highest BCUT2D eigenvalue weighted by Crippen LogP contribution is 2.28. The van der Waals surface area contributed by atoms with Crippen molar-refractivity contribution in [3.63, 3.8) is 0 Å². The second-order valence-electron chi connectivity index (χ2n) is 5.68. The SMILES string of the molecule is CCC(=O)Nc1ccc(NC(=O)CSc2cc(C)c(Br)cc2C)cc1. The van der Waals surface area contributed by atoms with Crippen molar-refractivity contribution in [2.24, 2.45) is 0 Å². The van der Waals surface area contributed by atoms with Crippen LogP contribution in [0.1, 0.15) is 24.5 Å². The lowest BCUT2D eigenvalue weighted by Crippen LogP contribution is -2.14. The van der Waals surface area contributed by atoms with Crippen LogP contribution in [0, 0.1) is 13.8 Å². The number of anilines is 2. The van der Waals surface area contributed by atoms with Crippen LogP contribution >= 0.6 is 27.7 Å². The zero-order valence-electron chi connectivity index (χ0n) is 14.5. The van der Waals surface area contributed by atoms with Crippen LogP contribution in [0.4, 0.5) is 11.4 Å². The maximum absolute atomic E-state index is 12.1. The first-order valence-electron chi connectivity index (χ1n) is 7.98. The molecule has 2 aromatic carbocycles. The van der Waals surface area contributed by atoms with Gasteiger partial charge in [-0.2, -0.15) is 0 Å².